The van der Waals surface area contributed by atoms with Crippen molar-refractivity contribution < 1.29 is 9.21 Å². The van der Waals surface area contributed by atoms with Crippen LogP contribution in [0, 0.1) is 13.8 Å². The van der Waals surface area contributed by atoms with Crippen molar-refractivity contribution >= 4 is 6.03 Å². The van der Waals surface area contributed by atoms with Crippen molar-refractivity contribution in [3.63, 3.8) is 0 Å². The minimum atomic E-state index is -0.285. The van der Waals surface area contributed by atoms with Gasteiger partial charge in [-0.25, -0.2) is 9.48 Å². The summed E-state index contributed by atoms with van der Waals surface area (Å²) >= 11 is 0. The molecule has 2 aromatic carbocycles. The maximum absolute atomic E-state index is 13.8. The number of hydrogen-bond acceptors (Lipinski definition) is 3. The highest BCUT2D eigenvalue weighted by molar-refractivity contribution is 5.76. The Balaban J connectivity index is 1.51. The Labute approximate surface area is 209 Å². The third-order valence-corrected chi connectivity index (χ3v) is 6.70. The number of aryl methyl sites for hydroxylation is 2. The lowest BCUT2D eigenvalue weighted by atomic mass is 10.00. The normalized spacial score (nSPS) is 14.7. The van der Waals surface area contributed by atoms with Gasteiger partial charge in [0.15, 0.2) is 0 Å². The van der Waals surface area contributed by atoms with Crippen molar-refractivity contribution in [2.45, 2.75) is 33.0 Å². The summed E-state index contributed by atoms with van der Waals surface area (Å²) in [6.07, 6.45) is 3.67. The standard InChI is InChI=1S/C29H27N5O2/c1-20-9-6-10-22(17-20)27-26-14-7-15-32(26)28-25(21(2)31-34(28)23-11-4-3-5-12-23)19-33(27)29(35)30-18-24-13-8-16-36-24/h3-17,27H,18-19H2,1-2H3,(H,30,35)/t27-/m0/s1. The first-order chi connectivity index (χ1) is 17.6. The van der Waals surface area contributed by atoms with Crippen LogP contribution in [0.2, 0.25) is 0 Å². The van der Waals surface area contributed by atoms with Gasteiger partial charge in [-0.3, -0.25) is 0 Å². The second-order valence-corrected chi connectivity index (χ2v) is 9.12. The van der Waals surface area contributed by atoms with Crippen LogP contribution < -0.4 is 5.32 Å². The topological polar surface area (TPSA) is 68.2 Å². The lowest BCUT2D eigenvalue weighted by Gasteiger charge is -2.31. The van der Waals surface area contributed by atoms with Gasteiger partial charge in [0.25, 0.3) is 0 Å². The molecule has 0 unspecified atom stereocenters. The number of carbonyl (C=O) groups is 1. The van der Waals surface area contributed by atoms with Crippen LogP contribution in [0.25, 0.3) is 11.5 Å². The van der Waals surface area contributed by atoms with Gasteiger partial charge in [0.05, 0.1) is 42.5 Å². The molecule has 1 atom stereocenters. The van der Waals surface area contributed by atoms with Crippen LogP contribution >= 0.6 is 0 Å². The van der Waals surface area contributed by atoms with Crippen LogP contribution in [0.15, 0.2) is 95.7 Å². The molecule has 1 aliphatic heterocycles. The summed E-state index contributed by atoms with van der Waals surface area (Å²) in [5.41, 5.74) is 6.09. The van der Waals surface area contributed by atoms with E-state index in [2.05, 4.69) is 47.3 Å². The maximum Gasteiger partial charge on any atom is 0.318 e. The molecule has 0 saturated heterocycles. The molecule has 7 heteroatoms. The van der Waals surface area contributed by atoms with Gasteiger partial charge in [0.2, 0.25) is 0 Å². The fraction of sp³-hybridized carbons (Fsp3) is 0.172. The molecule has 0 aliphatic carbocycles. The number of nitrogens with zero attached hydrogens (tertiary/aromatic N) is 4. The fourth-order valence-electron chi connectivity index (χ4n) is 5.02. The van der Waals surface area contributed by atoms with Crippen molar-refractivity contribution in [2.24, 2.45) is 0 Å². The molecule has 2 amide bonds. The van der Waals surface area contributed by atoms with Crippen molar-refractivity contribution in [3.8, 4) is 11.5 Å². The van der Waals surface area contributed by atoms with Crippen LogP contribution in [0.5, 0.6) is 0 Å². The van der Waals surface area contributed by atoms with Gasteiger partial charge < -0.3 is 19.2 Å². The monoisotopic (exact) mass is 477 g/mol. The average molecular weight is 478 g/mol. The smallest absolute Gasteiger partial charge is 0.318 e. The summed E-state index contributed by atoms with van der Waals surface area (Å²) in [7, 11) is 0. The lowest BCUT2D eigenvalue weighted by Crippen LogP contribution is -2.41. The SMILES string of the molecule is Cc1cccc([C@H]2c3cccn3-c3c(c(C)nn3-c3ccccc3)CN2C(=O)NCc2ccco2)c1. The molecule has 0 spiro atoms. The van der Waals surface area contributed by atoms with Gasteiger partial charge in [0.1, 0.15) is 11.6 Å². The quantitative estimate of drug-likeness (QED) is 0.362. The van der Waals surface area contributed by atoms with E-state index in [-0.39, 0.29) is 12.1 Å². The molecule has 4 heterocycles. The van der Waals surface area contributed by atoms with Crippen LogP contribution in [-0.2, 0) is 13.1 Å². The predicted octanol–water partition coefficient (Wildman–Crippen LogP) is 5.69. The number of carbonyl (C=O) groups excluding carboxylic acids is 1. The van der Waals surface area contributed by atoms with Crippen molar-refractivity contribution in [3.05, 3.63) is 125 Å². The van der Waals surface area contributed by atoms with Gasteiger partial charge >= 0.3 is 6.03 Å². The summed E-state index contributed by atoms with van der Waals surface area (Å²) in [4.78, 5) is 15.7. The van der Waals surface area contributed by atoms with E-state index < -0.39 is 0 Å². The van der Waals surface area contributed by atoms with Gasteiger partial charge in [0, 0.05) is 11.8 Å². The third kappa shape index (κ3) is 3.79. The van der Waals surface area contributed by atoms with Crippen LogP contribution in [0.1, 0.15) is 39.9 Å². The molecule has 0 fully saturated rings. The molecule has 0 bridgehead atoms. The molecule has 36 heavy (non-hydrogen) atoms. The van der Waals surface area contributed by atoms with E-state index >= 15 is 0 Å². The molecule has 5 aromatic rings. The first-order valence-corrected chi connectivity index (χ1v) is 12.0. The Morgan fingerprint density at radius 1 is 1.03 bits per heavy atom. The maximum atomic E-state index is 13.8. The number of benzene rings is 2. The lowest BCUT2D eigenvalue weighted by molar-refractivity contribution is 0.179. The molecular weight excluding hydrogens is 450 g/mol. The summed E-state index contributed by atoms with van der Waals surface area (Å²) in [6, 6.07) is 25.8. The van der Waals surface area contributed by atoms with E-state index in [1.54, 1.807) is 6.26 Å². The zero-order chi connectivity index (χ0) is 24.6. The van der Waals surface area contributed by atoms with E-state index in [4.69, 9.17) is 9.52 Å². The Kier molecular flexibility index (Phi) is 5.45. The van der Waals surface area contributed by atoms with Crippen LogP contribution in [-0.4, -0.2) is 25.3 Å². The Bertz CT molecular complexity index is 1510. The number of hydrogen-bond donors (Lipinski definition) is 1. The van der Waals surface area contributed by atoms with Crippen molar-refractivity contribution in [2.75, 3.05) is 0 Å². The largest absolute Gasteiger partial charge is 0.467 e. The van der Waals surface area contributed by atoms with Crippen LogP contribution in [0.3, 0.4) is 0 Å². The summed E-state index contributed by atoms with van der Waals surface area (Å²) in [5, 5.41) is 7.96. The number of amides is 2. The van der Waals surface area contributed by atoms with Crippen molar-refractivity contribution in [1.82, 2.24) is 24.6 Å². The van der Waals surface area contributed by atoms with Gasteiger partial charge in [-0.15, -0.1) is 0 Å². The van der Waals surface area contributed by atoms with Gasteiger partial charge in [-0.1, -0.05) is 48.0 Å². The second-order valence-electron chi connectivity index (χ2n) is 9.12. The number of aromatic nitrogens is 3. The summed E-state index contributed by atoms with van der Waals surface area (Å²) < 4.78 is 9.60. The Hall–Kier alpha value is -4.52. The zero-order valence-electron chi connectivity index (χ0n) is 20.3. The van der Waals surface area contributed by atoms with E-state index in [0.717, 1.165) is 39.6 Å². The zero-order valence-corrected chi connectivity index (χ0v) is 20.3. The van der Waals surface area contributed by atoms with Crippen molar-refractivity contribution in [1.29, 1.82) is 0 Å². The van der Waals surface area contributed by atoms with E-state index in [1.165, 1.54) is 0 Å². The first kappa shape index (κ1) is 22.0. The van der Waals surface area contributed by atoms with E-state index in [1.807, 2.05) is 71.1 Å². The molecular formula is C29H27N5O2. The predicted molar refractivity (Wildman–Crippen MR) is 137 cm³/mol. The minimum Gasteiger partial charge on any atom is -0.467 e. The number of urea groups is 1. The highest BCUT2D eigenvalue weighted by Gasteiger charge is 2.36. The number of fused-ring (bicyclic) bond motifs is 3. The molecule has 1 N–H and O–H groups in total. The summed E-state index contributed by atoms with van der Waals surface area (Å²) in [5.74, 6) is 1.67. The van der Waals surface area contributed by atoms with Gasteiger partial charge in [-0.05, 0) is 55.8 Å². The number of para-hydroxylation sites is 1. The average Bonchev–Trinajstić information content (AvgIpc) is 3.63. The Morgan fingerprint density at radius 3 is 2.67 bits per heavy atom. The molecule has 0 radical (unpaired) electrons. The van der Waals surface area contributed by atoms with E-state index in [0.29, 0.717) is 18.8 Å². The molecule has 180 valence electrons. The second kappa shape index (κ2) is 8.92. The molecule has 6 rings (SSSR count). The molecule has 1 aliphatic rings. The molecule has 0 saturated carbocycles. The number of nitrogens with one attached hydrogen (secondary N) is 1. The number of rotatable bonds is 4. The minimum absolute atomic E-state index is 0.162. The van der Waals surface area contributed by atoms with Crippen LogP contribution in [0.4, 0.5) is 4.79 Å². The molecule has 7 nitrogen and oxygen atoms in total. The highest BCUT2D eigenvalue weighted by Crippen LogP contribution is 2.38. The third-order valence-electron chi connectivity index (χ3n) is 6.70. The first-order valence-electron chi connectivity index (χ1n) is 12.0. The van der Waals surface area contributed by atoms with Gasteiger partial charge in [-0.2, -0.15) is 5.10 Å². The fourth-order valence-corrected chi connectivity index (χ4v) is 5.02. The van der Waals surface area contributed by atoms with E-state index in [9.17, 15) is 4.79 Å². The highest BCUT2D eigenvalue weighted by atomic mass is 16.3. The molecule has 3 aromatic heterocycles. The number of furan rings is 1. The Morgan fingerprint density at radius 2 is 1.89 bits per heavy atom. The summed E-state index contributed by atoms with van der Waals surface area (Å²) in [6.45, 7) is 4.82.